The Labute approximate surface area is 89.9 Å². The van der Waals surface area contributed by atoms with Crippen molar-refractivity contribution in [3.63, 3.8) is 0 Å². The first kappa shape index (κ1) is 13.7. The Morgan fingerprint density at radius 2 is 2.07 bits per heavy atom. The summed E-state index contributed by atoms with van der Waals surface area (Å²) < 4.78 is 0. The molecule has 0 saturated heterocycles. The molecule has 1 amide bonds. The van der Waals surface area contributed by atoms with E-state index in [2.05, 4.69) is 15.8 Å². The van der Waals surface area contributed by atoms with Gasteiger partial charge in [-0.05, 0) is 19.4 Å². The van der Waals surface area contributed by atoms with Crippen molar-refractivity contribution < 1.29 is 10.0 Å². The summed E-state index contributed by atoms with van der Waals surface area (Å²) in [4.78, 5) is 10.8. The van der Waals surface area contributed by atoms with Gasteiger partial charge in [0.2, 0.25) is 5.91 Å². The van der Waals surface area contributed by atoms with Crippen LogP contribution >= 0.6 is 0 Å². The van der Waals surface area contributed by atoms with Gasteiger partial charge in [0.25, 0.3) is 0 Å². The first-order valence-electron chi connectivity index (χ1n) is 5.08. The molecule has 15 heavy (non-hydrogen) atoms. The van der Waals surface area contributed by atoms with E-state index in [0.29, 0.717) is 19.4 Å². The fourth-order valence-corrected chi connectivity index (χ4v) is 1.06. The standard InChI is InChI=1S/C9H20N4O2/c1-11-9(14)5-7-12-6-3-2-4-8(10)13-15/h12,15H,2-7H2,1H3,(H2,10,13)(H,11,14). The average Bonchev–Trinajstić information content (AvgIpc) is 2.26. The van der Waals surface area contributed by atoms with Gasteiger partial charge in [-0.2, -0.15) is 0 Å². The van der Waals surface area contributed by atoms with E-state index in [0.717, 1.165) is 19.4 Å². The average molecular weight is 216 g/mol. The fraction of sp³-hybridized carbons (Fsp3) is 0.778. The largest absolute Gasteiger partial charge is 0.409 e. The van der Waals surface area contributed by atoms with Crippen LogP contribution in [0.2, 0.25) is 0 Å². The van der Waals surface area contributed by atoms with Gasteiger partial charge in [0.05, 0.1) is 0 Å². The lowest BCUT2D eigenvalue weighted by molar-refractivity contribution is -0.120. The van der Waals surface area contributed by atoms with Crippen molar-refractivity contribution in [3.8, 4) is 0 Å². The summed E-state index contributed by atoms with van der Waals surface area (Å²) in [5.74, 6) is 0.305. The SMILES string of the molecule is CNC(=O)CCNCCCCC(N)=NO. The molecule has 0 radical (unpaired) electrons. The van der Waals surface area contributed by atoms with Gasteiger partial charge >= 0.3 is 0 Å². The van der Waals surface area contributed by atoms with Gasteiger partial charge in [0, 0.05) is 26.4 Å². The minimum Gasteiger partial charge on any atom is -0.409 e. The molecule has 6 heteroatoms. The second-order valence-corrected chi connectivity index (χ2v) is 3.22. The van der Waals surface area contributed by atoms with Crippen LogP contribution in [0.5, 0.6) is 0 Å². The second-order valence-electron chi connectivity index (χ2n) is 3.22. The van der Waals surface area contributed by atoms with Crippen molar-refractivity contribution in [2.75, 3.05) is 20.1 Å². The van der Waals surface area contributed by atoms with E-state index in [1.807, 2.05) is 0 Å². The number of amides is 1. The summed E-state index contributed by atoms with van der Waals surface area (Å²) in [7, 11) is 1.62. The van der Waals surface area contributed by atoms with Crippen LogP contribution in [0.3, 0.4) is 0 Å². The van der Waals surface area contributed by atoms with E-state index >= 15 is 0 Å². The lowest BCUT2D eigenvalue weighted by Crippen LogP contribution is -2.25. The van der Waals surface area contributed by atoms with Crippen molar-refractivity contribution in [1.82, 2.24) is 10.6 Å². The van der Waals surface area contributed by atoms with Crippen LogP contribution < -0.4 is 16.4 Å². The van der Waals surface area contributed by atoms with E-state index < -0.39 is 0 Å². The normalized spacial score (nSPS) is 11.4. The smallest absolute Gasteiger partial charge is 0.221 e. The third-order valence-electron chi connectivity index (χ3n) is 1.97. The monoisotopic (exact) mass is 216 g/mol. The van der Waals surface area contributed by atoms with E-state index in [1.165, 1.54) is 0 Å². The maximum Gasteiger partial charge on any atom is 0.221 e. The number of unbranched alkanes of at least 4 members (excludes halogenated alkanes) is 1. The van der Waals surface area contributed by atoms with Crippen LogP contribution in [0.1, 0.15) is 25.7 Å². The van der Waals surface area contributed by atoms with Gasteiger partial charge in [-0.3, -0.25) is 4.79 Å². The van der Waals surface area contributed by atoms with Crippen LogP contribution in [0.15, 0.2) is 5.16 Å². The molecule has 88 valence electrons. The Bertz CT molecular complexity index is 206. The summed E-state index contributed by atoms with van der Waals surface area (Å²) in [6.45, 7) is 1.53. The molecular weight excluding hydrogens is 196 g/mol. The Hall–Kier alpha value is -1.30. The van der Waals surface area contributed by atoms with Crippen LogP contribution in [-0.4, -0.2) is 37.1 Å². The van der Waals surface area contributed by atoms with E-state index in [4.69, 9.17) is 10.9 Å². The first-order chi connectivity index (χ1) is 7.20. The number of carbonyl (C=O) groups is 1. The third kappa shape index (κ3) is 9.01. The molecule has 0 aromatic heterocycles. The van der Waals surface area contributed by atoms with Crippen LogP contribution in [0.25, 0.3) is 0 Å². The summed E-state index contributed by atoms with van der Waals surface area (Å²) in [6, 6.07) is 0. The summed E-state index contributed by atoms with van der Waals surface area (Å²) in [5.41, 5.74) is 5.30. The van der Waals surface area contributed by atoms with Crippen LogP contribution in [0, 0.1) is 0 Å². The van der Waals surface area contributed by atoms with E-state index in [-0.39, 0.29) is 11.7 Å². The number of hydrogen-bond acceptors (Lipinski definition) is 4. The first-order valence-corrected chi connectivity index (χ1v) is 5.08. The lowest BCUT2D eigenvalue weighted by atomic mass is 10.2. The molecule has 0 aromatic rings. The maximum atomic E-state index is 10.8. The molecule has 0 bridgehead atoms. The van der Waals surface area contributed by atoms with Crippen molar-refractivity contribution in [2.45, 2.75) is 25.7 Å². The predicted octanol–water partition coefficient (Wildman–Crippen LogP) is -0.371. The predicted molar refractivity (Wildman–Crippen MR) is 58.8 cm³/mol. The van der Waals surface area contributed by atoms with E-state index in [9.17, 15) is 4.79 Å². The van der Waals surface area contributed by atoms with Crippen molar-refractivity contribution in [1.29, 1.82) is 0 Å². The molecule has 0 saturated carbocycles. The summed E-state index contributed by atoms with van der Waals surface area (Å²) in [6.07, 6.45) is 2.93. The molecule has 5 N–H and O–H groups in total. The third-order valence-corrected chi connectivity index (χ3v) is 1.97. The van der Waals surface area contributed by atoms with Gasteiger partial charge in [-0.1, -0.05) is 5.16 Å². The molecular formula is C9H20N4O2. The quantitative estimate of drug-likeness (QED) is 0.146. The molecule has 0 aliphatic rings. The van der Waals surface area contributed by atoms with Crippen LogP contribution in [-0.2, 0) is 4.79 Å². The summed E-state index contributed by atoms with van der Waals surface area (Å²) >= 11 is 0. The molecule has 6 nitrogen and oxygen atoms in total. The van der Waals surface area contributed by atoms with E-state index in [1.54, 1.807) is 7.05 Å². The van der Waals surface area contributed by atoms with Gasteiger partial charge < -0.3 is 21.6 Å². The molecule has 0 unspecified atom stereocenters. The minimum absolute atomic E-state index is 0.0409. The van der Waals surface area contributed by atoms with Gasteiger partial charge in [-0.25, -0.2) is 0 Å². The Kier molecular flexibility index (Phi) is 8.46. The second kappa shape index (κ2) is 9.26. The highest BCUT2D eigenvalue weighted by molar-refractivity contribution is 5.79. The Morgan fingerprint density at radius 3 is 2.67 bits per heavy atom. The van der Waals surface area contributed by atoms with Crippen molar-refractivity contribution >= 4 is 11.7 Å². The number of nitrogens with zero attached hydrogens (tertiary/aromatic N) is 1. The Morgan fingerprint density at radius 1 is 1.33 bits per heavy atom. The highest BCUT2D eigenvalue weighted by Crippen LogP contribution is 1.93. The number of amidine groups is 1. The molecule has 0 atom stereocenters. The molecule has 0 aromatic carbocycles. The molecule has 0 spiro atoms. The number of carbonyl (C=O) groups excluding carboxylic acids is 1. The highest BCUT2D eigenvalue weighted by Gasteiger charge is 1.96. The lowest BCUT2D eigenvalue weighted by Gasteiger charge is -2.03. The zero-order valence-corrected chi connectivity index (χ0v) is 9.12. The molecule has 0 fully saturated rings. The number of hydrogen-bond donors (Lipinski definition) is 4. The zero-order valence-electron chi connectivity index (χ0n) is 9.12. The number of nitrogens with two attached hydrogens (primary N) is 1. The van der Waals surface area contributed by atoms with Gasteiger partial charge in [-0.15, -0.1) is 0 Å². The molecule has 0 rings (SSSR count). The number of oxime groups is 1. The van der Waals surface area contributed by atoms with Crippen molar-refractivity contribution in [2.24, 2.45) is 10.9 Å². The summed E-state index contributed by atoms with van der Waals surface area (Å²) in [5, 5.41) is 16.8. The highest BCUT2D eigenvalue weighted by atomic mass is 16.4. The Balaban J connectivity index is 3.15. The zero-order chi connectivity index (χ0) is 11.5. The number of rotatable bonds is 8. The van der Waals surface area contributed by atoms with Gasteiger partial charge in [0.1, 0.15) is 5.84 Å². The fourth-order valence-electron chi connectivity index (χ4n) is 1.06. The molecule has 0 aliphatic heterocycles. The van der Waals surface area contributed by atoms with Crippen LogP contribution in [0.4, 0.5) is 0 Å². The maximum absolute atomic E-state index is 10.8. The van der Waals surface area contributed by atoms with Gasteiger partial charge in [0.15, 0.2) is 0 Å². The molecule has 0 heterocycles. The minimum atomic E-state index is 0.0409. The molecule has 0 aliphatic carbocycles. The number of nitrogens with one attached hydrogen (secondary N) is 2. The van der Waals surface area contributed by atoms with Crippen molar-refractivity contribution in [3.05, 3.63) is 0 Å². The topological polar surface area (TPSA) is 99.7 Å².